The van der Waals surface area contributed by atoms with Gasteiger partial charge in [-0.25, -0.2) is 0 Å². The quantitative estimate of drug-likeness (QED) is 0.183. The number of allylic oxidation sites excluding steroid dienone is 1. The Bertz CT molecular complexity index is 2540. The zero-order chi connectivity index (χ0) is 33.3. The molecule has 2 unspecified atom stereocenters. The third-order valence-electron chi connectivity index (χ3n) is 11.6. The molecule has 0 bridgehead atoms. The minimum atomic E-state index is 0.0755. The van der Waals surface area contributed by atoms with Crippen LogP contribution >= 0.6 is 0 Å². The Morgan fingerprint density at radius 3 is 2.12 bits per heavy atom. The van der Waals surface area contributed by atoms with Gasteiger partial charge in [0.25, 0.3) is 0 Å². The summed E-state index contributed by atoms with van der Waals surface area (Å²) in [6.45, 7) is 9.58. The molecule has 0 amide bonds. The highest BCUT2D eigenvalue weighted by Gasteiger charge is 2.38. The summed E-state index contributed by atoms with van der Waals surface area (Å²) in [7, 11) is 0. The monoisotopic (exact) mass is 631 g/mol. The van der Waals surface area contributed by atoms with Gasteiger partial charge >= 0.3 is 0 Å². The Balaban J connectivity index is 1.28. The van der Waals surface area contributed by atoms with Gasteiger partial charge in [0.1, 0.15) is 0 Å². The van der Waals surface area contributed by atoms with E-state index in [2.05, 4.69) is 161 Å². The fourth-order valence-corrected chi connectivity index (χ4v) is 8.19. The zero-order valence-corrected chi connectivity index (χ0v) is 28.8. The van der Waals surface area contributed by atoms with E-state index in [1.165, 1.54) is 82.0 Å². The van der Waals surface area contributed by atoms with Crippen LogP contribution in [0, 0.1) is 10.8 Å². The average Bonchev–Trinajstić information content (AvgIpc) is 3.13. The molecular formula is C48H41N. The Hall–Kier alpha value is -5.27. The number of benzene rings is 7. The van der Waals surface area contributed by atoms with E-state index in [1.807, 2.05) is 12.3 Å². The van der Waals surface area contributed by atoms with E-state index in [-0.39, 0.29) is 16.9 Å². The Kier molecular flexibility index (Phi) is 6.78. The van der Waals surface area contributed by atoms with Gasteiger partial charge in [-0.3, -0.25) is 4.99 Å². The number of hydrogen-bond acceptors (Lipinski definition) is 1. The molecular weight excluding hydrogens is 591 g/mol. The van der Waals surface area contributed by atoms with E-state index in [0.717, 1.165) is 12.8 Å². The number of fused-ring (bicyclic) bond motifs is 1. The molecule has 0 saturated heterocycles. The average molecular weight is 632 g/mol. The Morgan fingerprint density at radius 1 is 0.633 bits per heavy atom. The van der Waals surface area contributed by atoms with Crippen LogP contribution in [-0.2, 0) is 6.42 Å². The van der Waals surface area contributed by atoms with Crippen LogP contribution in [0.5, 0.6) is 0 Å². The first-order valence-corrected chi connectivity index (χ1v) is 17.7. The highest BCUT2D eigenvalue weighted by Crippen LogP contribution is 2.48. The molecule has 0 aromatic heterocycles. The summed E-state index contributed by atoms with van der Waals surface area (Å²) in [5, 5.41) is 9.35. The summed E-state index contributed by atoms with van der Waals surface area (Å²) >= 11 is 0. The number of hydrogen-bond donors (Lipinski definition) is 0. The first-order valence-electron chi connectivity index (χ1n) is 17.7. The van der Waals surface area contributed by atoms with Gasteiger partial charge in [-0.2, -0.15) is 0 Å². The first kappa shape index (κ1) is 29.8. The zero-order valence-electron chi connectivity index (χ0n) is 28.8. The molecule has 0 fully saturated rings. The topological polar surface area (TPSA) is 12.4 Å². The maximum atomic E-state index is 4.73. The minimum Gasteiger partial charge on any atom is -0.285 e. The number of rotatable bonds is 4. The highest BCUT2D eigenvalue weighted by molar-refractivity contribution is 6.21. The molecule has 7 aromatic rings. The molecule has 0 saturated carbocycles. The van der Waals surface area contributed by atoms with Crippen LogP contribution in [0.15, 0.2) is 138 Å². The SMILES string of the molecule is CC(C)(C)C1(C)C=c2ccc3c(-c4ccc(C5CC=CC=N5)cc4)cc(-c4cccc(-c5ccc6ccccc6c5)c4)c4ccc(c2c34)C1. The lowest BCUT2D eigenvalue weighted by Gasteiger charge is -2.42. The van der Waals surface area contributed by atoms with Gasteiger partial charge in [0.15, 0.2) is 0 Å². The second-order valence-corrected chi connectivity index (χ2v) is 15.4. The molecule has 1 aliphatic carbocycles. The van der Waals surface area contributed by atoms with Crippen molar-refractivity contribution in [1.82, 2.24) is 0 Å². The highest BCUT2D eigenvalue weighted by atomic mass is 14.8. The standard InChI is InChI=1S/C48H41N/c1-47(2,3)48(4)29-38-21-23-40-42(32-16-18-33(19-17-32)44-14-7-8-25-49-44)28-43(41-24-22-39(30-48)45(38)46(40)41)37-13-9-12-35(27-37)36-20-15-31-10-5-6-11-34(31)26-36/h5-13,15-29,44H,14,30H2,1-4H3. The third kappa shape index (κ3) is 4.94. The van der Waals surface area contributed by atoms with E-state index < -0.39 is 0 Å². The van der Waals surface area contributed by atoms with Crippen molar-refractivity contribution < 1.29 is 0 Å². The molecule has 2 aliphatic rings. The molecule has 0 radical (unpaired) electrons. The van der Waals surface area contributed by atoms with Crippen molar-refractivity contribution in [2.75, 3.05) is 0 Å². The number of nitrogens with zero attached hydrogens (tertiary/aromatic N) is 1. The molecule has 1 heterocycles. The van der Waals surface area contributed by atoms with Crippen molar-refractivity contribution in [3.05, 3.63) is 150 Å². The first-order chi connectivity index (χ1) is 23.8. The predicted octanol–water partition coefficient (Wildman–Crippen LogP) is 12.3. The molecule has 1 heteroatoms. The van der Waals surface area contributed by atoms with Gasteiger partial charge in [0, 0.05) is 6.21 Å². The third-order valence-corrected chi connectivity index (χ3v) is 11.6. The molecule has 0 N–H and O–H groups in total. The Labute approximate surface area is 289 Å². The molecule has 49 heavy (non-hydrogen) atoms. The lowest BCUT2D eigenvalue weighted by molar-refractivity contribution is 0.186. The van der Waals surface area contributed by atoms with E-state index in [9.17, 15) is 0 Å². The summed E-state index contributed by atoms with van der Waals surface area (Å²) in [6.07, 6.45) is 10.7. The van der Waals surface area contributed by atoms with Gasteiger partial charge in [0.2, 0.25) is 0 Å². The van der Waals surface area contributed by atoms with Crippen LogP contribution in [0.1, 0.15) is 51.3 Å². The molecule has 0 spiro atoms. The second-order valence-electron chi connectivity index (χ2n) is 15.4. The van der Waals surface area contributed by atoms with Crippen LogP contribution in [0.2, 0.25) is 0 Å². The van der Waals surface area contributed by atoms with Crippen molar-refractivity contribution >= 4 is 44.6 Å². The van der Waals surface area contributed by atoms with Crippen LogP contribution < -0.4 is 5.22 Å². The molecule has 1 aliphatic heterocycles. The van der Waals surface area contributed by atoms with Crippen LogP contribution in [0.4, 0.5) is 0 Å². The van der Waals surface area contributed by atoms with E-state index in [1.54, 1.807) is 0 Å². The largest absolute Gasteiger partial charge is 0.285 e. The lowest BCUT2D eigenvalue weighted by Crippen LogP contribution is -2.37. The van der Waals surface area contributed by atoms with Crippen molar-refractivity contribution in [2.45, 2.75) is 46.6 Å². The summed E-state index contributed by atoms with van der Waals surface area (Å²) in [6, 6.07) is 46.0. The summed E-state index contributed by atoms with van der Waals surface area (Å²) < 4.78 is 0. The van der Waals surface area contributed by atoms with Crippen molar-refractivity contribution in [3.63, 3.8) is 0 Å². The van der Waals surface area contributed by atoms with E-state index >= 15 is 0 Å². The maximum absolute atomic E-state index is 4.73. The molecule has 238 valence electrons. The Morgan fingerprint density at radius 2 is 1.35 bits per heavy atom. The predicted molar refractivity (Wildman–Crippen MR) is 211 cm³/mol. The second kappa shape index (κ2) is 11.1. The van der Waals surface area contributed by atoms with Crippen molar-refractivity contribution in [1.29, 1.82) is 0 Å². The van der Waals surface area contributed by atoms with Gasteiger partial charge in [0.05, 0.1) is 6.04 Å². The fraction of sp³-hybridized carbons (Fsp3) is 0.188. The lowest BCUT2D eigenvalue weighted by atomic mass is 9.62. The van der Waals surface area contributed by atoms with Crippen LogP contribution in [0.25, 0.3) is 71.8 Å². The molecule has 9 rings (SSSR count). The molecule has 1 nitrogen and oxygen atoms in total. The number of dihydropyridines is 1. The number of aliphatic imine (C=N–C) groups is 1. The fourth-order valence-electron chi connectivity index (χ4n) is 8.19. The maximum Gasteiger partial charge on any atom is 0.0783 e. The van der Waals surface area contributed by atoms with Gasteiger partial charge < -0.3 is 0 Å². The van der Waals surface area contributed by atoms with Crippen molar-refractivity contribution in [3.8, 4) is 33.4 Å². The van der Waals surface area contributed by atoms with E-state index in [4.69, 9.17) is 4.99 Å². The van der Waals surface area contributed by atoms with Crippen LogP contribution in [0.3, 0.4) is 0 Å². The summed E-state index contributed by atoms with van der Waals surface area (Å²) in [5.41, 5.74) is 10.5. The van der Waals surface area contributed by atoms with Crippen molar-refractivity contribution in [2.24, 2.45) is 15.8 Å². The van der Waals surface area contributed by atoms with Crippen LogP contribution in [-0.4, -0.2) is 6.21 Å². The van der Waals surface area contributed by atoms with Gasteiger partial charge in [-0.15, -0.1) is 0 Å². The summed E-state index contributed by atoms with van der Waals surface area (Å²) in [4.78, 5) is 4.73. The summed E-state index contributed by atoms with van der Waals surface area (Å²) in [5.74, 6) is 0. The van der Waals surface area contributed by atoms with Gasteiger partial charge in [-0.1, -0.05) is 143 Å². The van der Waals surface area contributed by atoms with E-state index in [0.29, 0.717) is 0 Å². The smallest absolute Gasteiger partial charge is 0.0783 e. The molecule has 7 aromatic carbocycles. The minimum absolute atomic E-state index is 0.0755. The van der Waals surface area contributed by atoms with Gasteiger partial charge in [-0.05, 0) is 130 Å². The normalized spacial score (nSPS) is 18.7. The molecule has 2 atom stereocenters.